The number of hydrogen-bond donors (Lipinski definition) is 2. The Morgan fingerprint density at radius 2 is 2.37 bits per heavy atom. The van der Waals surface area contributed by atoms with E-state index in [0.29, 0.717) is 12.0 Å². The Kier molecular flexibility index (Phi) is 5.67. The molecule has 0 aromatic heterocycles. The summed E-state index contributed by atoms with van der Waals surface area (Å²) in [6, 6.07) is 6.54. The van der Waals surface area contributed by atoms with Gasteiger partial charge in [0.15, 0.2) is 0 Å². The van der Waals surface area contributed by atoms with Crippen LogP contribution in [0.5, 0.6) is 5.75 Å². The maximum absolute atomic E-state index is 9.04. The van der Waals surface area contributed by atoms with Gasteiger partial charge in [0.1, 0.15) is 5.75 Å². The van der Waals surface area contributed by atoms with Gasteiger partial charge in [-0.1, -0.05) is 29.3 Å². The van der Waals surface area contributed by atoms with E-state index in [1.165, 1.54) is 5.56 Å². The average Bonchev–Trinajstić information content (AvgIpc) is 2.43. The zero-order valence-electron chi connectivity index (χ0n) is 11.4. The van der Waals surface area contributed by atoms with Gasteiger partial charge in [-0.2, -0.15) is 0 Å². The molecule has 0 saturated carbocycles. The fourth-order valence-electron chi connectivity index (χ4n) is 2.52. The Morgan fingerprint density at radius 3 is 3.11 bits per heavy atom. The Balaban J connectivity index is 2.00. The summed E-state index contributed by atoms with van der Waals surface area (Å²) in [5.41, 5.74) is 1.24. The highest BCUT2D eigenvalue weighted by Crippen LogP contribution is 2.34. The number of ether oxygens (including phenoxy) is 1. The van der Waals surface area contributed by atoms with Crippen molar-refractivity contribution in [2.75, 3.05) is 19.8 Å². The van der Waals surface area contributed by atoms with E-state index in [1.54, 1.807) is 0 Å². The van der Waals surface area contributed by atoms with Crippen LogP contribution in [0.15, 0.2) is 22.7 Å². The maximum Gasteiger partial charge on any atom is 0.124 e. The predicted molar refractivity (Wildman–Crippen MR) is 80.5 cm³/mol. The molecule has 1 aliphatic heterocycles. The first-order valence-electron chi connectivity index (χ1n) is 7.01. The van der Waals surface area contributed by atoms with Crippen molar-refractivity contribution in [1.82, 2.24) is 5.32 Å². The molecular weight excluding hydrogens is 306 g/mol. The summed E-state index contributed by atoms with van der Waals surface area (Å²) < 4.78 is 6.78. The minimum absolute atomic E-state index is 0.274. The molecule has 106 valence electrons. The number of aliphatic hydroxyl groups is 1. The van der Waals surface area contributed by atoms with Crippen LogP contribution in [0, 0.1) is 5.92 Å². The molecule has 0 fully saturated rings. The second kappa shape index (κ2) is 7.27. The molecule has 1 aliphatic rings. The molecule has 0 spiro atoms. The largest absolute Gasteiger partial charge is 0.493 e. The van der Waals surface area contributed by atoms with Crippen molar-refractivity contribution in [3.05, 3.63) is 28.2 Å². The van der Waals surface area contributed by atoms with E-state index in [4.69, 9.17) is 9.84 Å². The first-order chi connectivity index (χ1) is 9.24. The summed E-state index contributed by atoms with van der Waals surface area (Å²) >= 11 is 3.52. The molecule has 19 heavy (non-hydrogen) atoms. The minimum atomic E-state index is 0.274. The fraction of sp³-hybridized carbons (Fsp3) is 0.600. The second-order valence-electron chi connectivity index (χ2n) is 5.07. The van der Waals surface area contributed by atoms with Gasteiger partial charge in [0, 0.05) is 29.1 Å². The standard InChI is InChI=1S/C15H22BrNO2/c1-2-11(5-7-18)10-17-14-6-8-19-15-4-3-12(16)9-13(14)15/h3-4,9,11,14,17-18H,2,5-8,10H2,1H3. The third-order valence-corrected chi connectivity index (χ3v) is 4.27. The molecule has 1 aromatic carbocycles. The van der Waals surface area contributed by atoms with Crippen molar-refractivity contribution in [2.24, 2.45) is 5.92 Å². The number of aliphatic hydroxyl groups excluding tert-OH is 1. The smallest absolute Gasteiger partial charge is 0.124 e. The monoisotopic (exact) mass is 327 g/mol. The van der Waals surface area contributed by atoms with Crippen LogP contribution in [0.1, 0.15) is 37.8 Å². The lowest BCUT2D eigenvalue weighted by molar-refractivity contribution is 0.230. The molecule has 3 nitrogen and oxygen atoms in total. The molecule has 0 bridgehead atoms. The fourth-order valence-corrected chi connectivity index (χ4v) is 2.90. The van der Waals surface area contributed by atoms with Crippen molar-refractivity contribution in [3.8, 4) is 5.75 Å². The van der Waals surface area contributed by atoms with Crippen molar-refractivity contribution >= 4 is 15.9 Å². The zero-order valence-corrected chi connectivity index (χ0v) is 12.9. The first kappa shape index (κ1) is 14.8. The van der Waals surface area contributed by atoms with Crippen LogP contribution < -0.4 is 10.1 Å². The Hall–Kier alpha value is -0.580. The number of nitrogens with one attached hydrogen (secondary N) is 1. The molecule has 0 amide bonds. The zero-order chi connectivity index (χ0) is 13.7. The van der Waals surface area contributed by atoms with Gasteiger partial charge in [-0.25, -0.2) is 0 Å². The van der Waals surface area contributed by atoms with Gasteiger partial charge in [-0.15, -0.1) is 0 Å². The molecule has 2 atom stereocenters. The third-order valence-electron chi connectivity index (χ3n) is 3.78. The molecular formula is C15H22BrNO2. The lowest BCUT2D eigenvalue weighted by atomic mass is 9.98. The molecule has 4 heteroatoms. The van der Waals surface area contributed by atoms with Crippen LogP contribution in [0.25, 0.3) is 0 Å². The van der Waals surface area contributed by atoms with E-state index >= 15 is 0 Å². The second-order valence-corrected chi connectivity index (χ2v) is 5.98. The number of halogens is 1. The van der Waals surface area contributed by atoms with Gasteiger partial charge >= 0.3 is 0 Å². The van der Waals surface area contributed by atoms with Gasteiger partial charge in [-0.3, -0.25) is 0 Å². The van der Waals surface area contributed by atoms with Crippen molar-refractivity contribution in [2.45, 2.75) is 32.2 Å². The summed E-state index contributed by atoms with van der Waals surface area (Å²) in [7, 11) is 0. The minimum Gasteiger partial charge on any atom is -0.493 e. The molecule has 0 saturated heterocycles. The summed E-state index contributed by atoms with van der Waals surface area (Å²) in [6.07, 6.45) is 2.97. The predicted octanol–water partition coefficient (Wildman–Crippen LogP) is 3.27. The Morgan fingerprint density at radius 1 is 1.53 bits per heavy atom. The van der Waals surface area contributed by atoms with Crippen LogP contribution in [0.2, 0.25) is 0 Å². The molecule has 0 radical (unpaired) electrons. The third kappa shape index (κ3) is 3.94. The molecule has 2 unspecified atom stereocenters. The number of hydrogen-bond acceptors (Lipinski definition) is 3. The van der Waals surface area contributed by atoms with Crippen LogP contribution in [0.3, 0.4) is 0 Å². The SMILES string of the molecule is CCC(CCO)CNC1CCOc2ccc(Br)cc21. The van der Waals surface area contributed by atoms with Crippen molar-refractivity contribution < 1.29 is 9.84 Å². The van der Waals surface area contributed by atoms with Crippen molar-refractivity contribution in [1.29, 1.82) is 0 Å². The highest BCUT2D eigenvalue weighted by molar-refractivity contribution is 9.10. The lowest BCUT2D eigenvalue weighted by Gasteiger charge is -2.28. The molecule has 2 N–H and O–H groups in total. The number of fused-ring (bicyclic) bond motifs is 1. The van der Waals surface area contributed by atoms with Crippen LogP contribution >= 0.6 is 15.9 Å². The molecule has 2 rings (SSSR count). The quantitative estimate of drug-likeness (QED) is 0.842. The summed E-state index contributed by atoms with van der Waals surface area (Å²) in [5.74, 6) is 1.53. The van der Waals surface area contributed by atoms with E-state index in [9.17, 15) is 0 Å². The normalized spacial score (nSPS) is 19.6. The van der Waals surface area contributed by atoms with E-state index in [-0.39, 0.29) is 6.61 Å². The first-order valence-corrected chi connectivity index (χ1v) is 7.80. The highest BCUT2D eigenvalue weighted by atomic mass is 79.9. The van der Waals surface area contributed by atoms with Gasteiger partial charge in [-0.05, 0) is 37.1 Å². The summed E-state index contributed by atoms with van der Waals surface area (Å²) in [4.78, 5) is 0. The van der Waals surface area contributed by atoms with Crippen molar-refractivity contribution in [3.63, 3.8) is 0 Å². The van der Waals surface area contributed by atoms with Gasteiger partial charge < -0.3 is 15.2 Å². The van der Waals surface area contributed by atoms with Crippen LogP contribution in [0.4, 0.5) is 0 Å². The van der Waals surface area contributed by atoms with Gasteiger partial charge in [0.25, 0.3) is 0 Å². The lowest BCUT2D eigenvalue weighted by Crippen LogP contribution is -2.31. The van der Waals surface area contributed by atoms with Gasteiger partial charge in [0.2, 0.25) is 0 Å². The average molecular weight is 328 g/mol. The number of rotatable bonds is 6. The van der Waals surface area contributed by atoms with Crippen LogP contribution in [-0.4, -0.2) is 24.9 Å². The van der Waals surface area contributed by atoms with E-state index in [0.717, 1.165) is 42.6 Å². The van der Waals surface area contributed by atoms with Gasteiger partial charge in [0.05, 0.1) is 6.61 Å². The van der Waals surface area contributed by atoms with E-state index < -0.39 is 0 Å². The molecule has 1 heterocycles. The van der Waals surface area contributed by atoms with E-state index in [1.807, 2.05) is 12.1 Å². The Bertz CT molecular complexity index is 411. The maximum atomic E-state index is 9.04. The Labute approximate surface area is 123 Å². The van der Waals surface area contributed by atoms with E-state index in [2.05, 4.69) is 34.2 Å². The molecule has 1 aromatic rings. The summed E-state index contributed by atoms with van der Waals surface area (Å²) in [6.45, 7) is 4.17. The molecule has 0 aliphatic carbocycles. The highest BCUT2D eigenvalue weighted by Gasteiger charge is 2.22. The number of benzene rings is 1. The topological polar surface area (TPSA) is 41.5 Å². The van der Waals surface area contributed by atoms with Crippen LogP contribution in [-0.2, 0) is 0 Å². The summed E-state index contributed by atoms with van der Waals surface area (Å²) in [5, 5.41) is 12.7.